The molecule has 4 aromatic rings. The highest BCUT2D eigenvalue weighted by molar-refractivity contribution is 6.09. The predicted octanol–water partition coefficient (Wildman–Crippen LogP) is 7.53. The number of alkyl halides is 6. The number of benzene rings is 3. The van der Waals surface area contributed by atoms with E-state index in [9.17, 15) is 31.1 Å². The summed E-state index contributed by atoms with van der Waals surface area (Å²) in [7, 11) is 0. The van der Waals surface area contributed by atoms with Crippen molar-refractivity contribution in [1.82, 2.24) is 20.1 Å². The van der Waals surface area contributed by atoms with Crippen LogP contribution in [0.4, 0.5) is 26.3 Å². The van der Waals surface area contributed by atoms with Gasteiger partial charge in [-0.3, -0.25) is 14.6 Å². The van der Waals surface area contributed by atoms with Crippen molar-refractivity contribution in [2.45, 2.75) is 56.3 Å². The highest BCUT2D eigenvalue weighted by atomic mass is 19.4. The van der Waals surface area contributed by atoms with Gasteiger partial charge >= 0.3 is 12.5 Å². The average molecular weight is 699 g/mol. The van der Waals surface area contributed by atoms with Crippen LogP contribution >= 0.6 is 0 Å². The molecule has 1 amide bonds. The van der Waals surface area contributed by atoms with E-state index in [1.807, 2.05) is 30.3 Å². The zero-order valence-electron chi connectivity index (χ0n) is 27.1. The number of likely N-dealkylation sites (tertiary alicyclic amines) is 1. The highest BCUT2D eigenvalue weighted by Gasteiger charge is 2.46. The fourth-order valence-electron chi connectivity index (χ4n) is 7.23. The maximum absolute atomic E-state index is 14.6. The lowest BCUT2D eigenvalue weighted by Crippen LogP contribution is -2.48. The van der Waals surface area contributed by atoms with E-state index in [2.05, 4.69) is 24.8 Å². The molecule has 0 bridgehead atoms. The van der Waals surface area contributed by atoms with Crippen LogP contribution in [0.15, 0.2) is 72.8 Å². The lowest BCUT2D eigenvalue weighted by atomic mass is 9.93. The first-order valence-electron chi connectivity index (χ1n) is 16.7. The monoisotopic (exact) mass is 698 g/mol. The van der Waals surface area contributed by atoms with Crippen molar-refractivity contribution >= 4 is 16.8 Å². The Balaban J connectivity index is 1.34. The van der Waals surface area contributed by atoms with Crippen molar-refractivity contribution in [3.8, 4) is 17.0 Å². The number of nitrogens with one attached hydrogen (secondary N) is 1. The van der Waals surface area contributed by atoms with Gasteiger partial charge in [0, 0.05) is 48.3 Å². The van der Waals surface area contributed by atoms with Gasteiger partial charge in [0.2, 0.25) is 0 Å². The fraction of sp³-hybridized carbons (Fsp3) is 0.405. The molecule has 3 heterocycles. The van der Waals surface area contributed by atoms with Crippen molar-refractivity contribution in [3.63, 3.8) is 0 Å². The molecule has 3 aliphatic rings. The number of ether oxygens (including phenoxy) is 2. The minimum atomic E-state index is -4.99. The summed E-state index contributed by atoms with van der Waals surface area (Å²) >= 11 is 0. The van der Waals surface area contributed by atoms with E-state index in [0.29, 0.717) is 50.8 Å². The van der Waals surface area contributed by atoms with Crippen molar-refractivity contribution < 1.29 is 40.6 Å². The highest BCUT2D eigenvalue weighted by Crippen LogP contribution is 2.46. The molecular weight excluding hydrogens is 662 g/mol. The number of amides is 1. The average Bonchev–Trinajstić information content (AvgIpc) is 3.88. The molecule has 0 unspecified atom stereocenters. The molecule has 0 radical (unpaired) electrons. The number of halogens is 6. The van der Waals surface area contributed by atoms with Crippen LogP contribution < -0.4 is 10.1 Å². The normalized spacial score (nSPS) is 19.0. The smallest absolute Gasteiger partial charge is 0.406 e. The minimum absolute atomic E-state index is 0.0105. The van der Waals surface area contributed by atoms with Crippen molar-refractivity contribution in [1.29, 1.82) is 0 Å². The van der Waals surface area contributed by atoms with Gasteiger partial charge in [0.1, 0.15) is 5.75 Å². The number of carbonyl (C=O) groups excluding carboxylic acids is 1. The summed E-state index contributed by atoms with van der Waals surface area (Å²) in [5.41, 5.74) is 0.123. The predicted molar refractivity (Wildman–Crippen MR) is 174 cm³/mol. The van der Waals surface area contributed by atoms with E-state index < -0.39 is 35.3 Å². The van der Waals surface area contributed by atoms with E-state index in [1.54, 1.807) is 0 Å². The van der Waals surface area contributed by atoms with Crippen LogP contribution in [0.5, 0.6) is 5.75 Å². The molecule has 1 saturated carbocycles. The Morgan fingerprint density at radius 2 is 1.62 bits per heavy atom. The number of carbonyl (C=O) groups is 1. The summed E-state index contributed by atoms with van der Waals surface area (Å²) in [6, 6.07) is 18.0. The van der Waals surface area contributed by atoms with Gasteiger partial charge in [-0.2, -0.15) is 13.2 Å². The number of piperidine rings is 1. The van der Waals surface area contributed by atoms with Gasteiger partial charge < -0.3 is 14.8 Å². The number of nitrogens with zero attached hydrogens (tertiary/aromatic N) is 3. The number of pyridine rings is 1. The third-order valence-electron chi connectivity index (χ3n) is 9.91. The molecule has 7 nitrogen and oxygen atoms in total. The van der Waals surface area contributed by atoms with Crippen molar-refractivity contribution in [2.75, 3.05) is 39.4 Å². The van der Waals surface area contributed by atoms with Crippen LogP contribution in [0.2, 0.25) is 0 Å². The molecule has 1 aromatic heterocycles. The quantitative estimate of drug-likeness (QED) is 0.192. The maximum atomic E-state index is 14.6. The number of aromatic nitrogens is 1. The first kappa shape index (κ1) is 34.3. The van der Waals surface area contributed by atoms with Crippen molar-refractivity contribution in [3.05, 3.63) is 95.1 Å². The first-order chi connectivity index (χ1) is 23.9. The van der Waals surface area contributed by atoms with Gasteiger partial charge in [0.15, 0.2) is 0 Å². The molecule has 3 fully saturated rings. The topological polar surface area (TPSA) is 66.9 Å². The van der Waals surface area contributed by atoms with Gasteiger partial charge in [-0.25, -0.2) is 4.98 Å². The number of hydrogen-bond acceptors (Lipinski definition) is 6. The lowest BCUT2D eigenvalue weighted by Gasteiger charge is -2.40. The Morgan fingerprint density at radius 3 is 2.28 bits per heavy atom. The zero-order chi connectivity index (χ0) is 35.1. The van der Waals surface area contributed by atoms with Crippen LogP contribution in [0, 0.1) is 0 Å². The summed E-state index contributed by atoms with van der Waals surface area (Å²) in [6.45, 7) is 4.63. The van der Waals surface area contributed by atoms with Crippen LogP contribution in [-0.4, -0.2) is 72.5 Å². The van der Waals surface area contributed by atoms with Crippen LogP contribution in [-0.2, 0) is 23.0 Å². The summed E-state index contributed by atoms with van der Waals surface area (Å²) in [6.07, 6.45) is -6.57. The largest absolute Gasteiger partial charge is 0.573 e. The molecule has 50 heavy (non-hydrogen) atoms. The molecule has 1 aliphatic carbocycles. The Kier molecular flexibility index (Phi) is 9.25. The Hall–Kier alpha value is -4.20. The summed E-state index contributed by atoms with van der Waals surface area (Å²) in [5, 5.41) is 3.46. The van der Waals surface area contributed by atoms with Gasteiger partial charge in [0.25, 0.3) is 5.91 Å². The molecular formula is C37H36F6N4O3. The van der Waals surface area contributed by atoms with E-state index in [-0.39, 0.29) is 34.3 Å². The summed E-state index contributed by atoms with van der Waals surface area (Å²) < 4.78 is 91.3. The van der Waals surface area contributed by atoms with Gasteiger partial charge in [0.05, 0.1) is 41.1 Å². The second-order valence-electron chi connectivity index (χ2n) is 13.2. The van der Waals surface area contributed by atoms with Crippen molar-refractivity contribution in [2.24, 2.45) is 0 Å². The van der Waals surface area contributed by atoms with E-state index in [4.69, 9.17) is 4.74 Å². The summed E-state index contributed by atoms with van der Waals surface area (Å²) in [4.78, 5) is 23.8. The molecule has 0 spiro atoms. The third kappa shape index (κ3) is 7.45. The zero-order valence-corrected chi connectivity index (χ0v) is 27.1. The van der Waals surface area contributed by atoms with Gasteiger partial charge in [-0.05, 0) is 68.6 Å². The lowest BCUT2D eigenvalue weighted by molar-refractivity contribution is -0.274. The van der Waals surface area contributed by atoms with Crippen LogP contribution in [0.3, 0.4) is 0 Å². The molecule has 2 saturated heterocycles. The maximum Gasteiger partial charge on any atom is 0.573 e. The first-order valence-corrected chi connectivity index (χ1v) is 16.7. The summed E-state index contributed by atoms with van der Waals surface area (Å²) in [5.74, 6) is -1.03. The molecule has 1 N–H and O–H groups in total. The third-order valence-corrected chi connectivity index (χ3v) is 9.91. The van der Waals surface area contributed by atoms with Gasteiger partial charge in [-0.15, -0.1) is 13.2 Å². The Labute approximate surface area is 285 Å². The van der Waals surface area contributed by atoms with Crippen LogP contribution in [0.1, 0.15) is 52.7 Å². The second-order valence-corrected chi connectivity index (χ2v) is 13.2. The Morgan fingerprint density at radius 1 is 0.900 bits per heavy atom. The van der Waals surface area contributed by atoms with Gasteiger partial charge in [-0.1, -0.05) is 42.5 Å². The standard InChI is InChI=1S/C37H36F6N4O3/c38-36(39,40)26-8-4-5-24(21-26)33-30(23-46-15-11-27(12-16-46)47-17-19-49-20-18-47)32(29-10-9-28(22-31(29)44-33)50-37(41,42)43)34(48)45-35(13-14-35)25-6-2-1-3-7-25/h1-10,21-22,27H,11-20,23H2,(H,45,48). The van der Waals surface area contributed by atoms with E-state index in [0.717, 1.165) is 55.8 Å². The number of rotatable bonds is 8. The van der Waals surface area contributed by atoms with Crippen LogP contribution in [0.25, 0.3) is 22.2 Å². The second kappa shape index (κ2) is 13.5. The molecule has 3 aromatic carbocycles. The molecule has 2 aliphatic heterocycles. The van der Waals surface area contributed by atoms with E-state index in [1.165, 1.54) is 18.2 Å². The number of hydrogen-bond donors (Lipinski definition) is 1. The fourth-order valence-corrected chi connectivity index (χ4v) is 7.23. The molecule has 13 heteroatoms. The molecule has 0 atom stereocenters. The SMILES string of the molecule is O=C(NC1(c2ccccc2)CC1)c1c(CN2CCC(N3CCOCC3)CC2)c(-c2cccc(C(F)(F)F)c2)nc2cc(OC(F)(F)F)ccc12. The minimum Gasteiger partial charge on any atom is -0.406 e. The molecule has 7 rings (SSSR count). The number of morpholine rings is 1. The number of fused-ring (bicyclic) bond motifs is 1. The Bertz CT molecular complexity index is 1850. The van der Waals surface area contributed by atoms with E-state index >= 15 is 0 Å². The molecule has 264 valence electrons.